The van der Waals surface area contributed by atoms with Gasteiger partial charge in [-0.1, -0.05) is 0 Å². The Labute approximate surface area is 119 Å². The zero-order valence-corrected chi connectivity index (χ0v) is 12.1. The van der Waals surface area contributed by atoms with Gasteiger partial charge in [0.2, 0.25) is 5.91 Å². The smallest absolute Gasteiger partial charge is 0.323 e. The Kier molecular flexibility index (Phi) is 4.99. The van der Waals surface area contributed by atoms with Crippen LogP contribution in [0.4, 0.5) is 0 Å². The van der Waals surface area contributed by atoms with Crippen LogP contribution in [0.15, 0.2) is 0 Å². The van der Waals surface area contributed by atoms with Gasteiger partial charge >= 0.3 is 5.97 Å². The first-order valence-electron chi connectivity index (χ1n) is 7.28. The number of carboxylic acid groups (broad SMARTS) is 1. The summed E-state index contributed by atoms with van der Waals surface area (Å²) in [6, 6.07) is 0. The summed E-state index contributed by atoms with van der Waals surface area (Å²) in [7, 11) is 1.60. The molecule has 1 aliphatic carbocycles. The quantitative estimate of drug-likeness (QED) is 0.704. The highest BCUT2D eigenvalue weighted by Gasteiger charge is 2.43. The third-order valence-corrected chi connectivity index (χ3v) is 4.22. The van der Waals surface area contributed by atoms with Gasteiger partial charge in [0.05, 0.1) is 12.0 Å². The largest absolute Gasteiger partial charge is 0.480 e. The molecule has 0 aromatic heterocycles. The van der Waals surface area contributed by atoms with Crippen molar-refractivity contribution >= 4 is 11.9 Å². The number of rotatable bonds is 7. The lowest BCUT2D eigenvalue weighted by Crippen LogP contribution is -2.53. The molecule has 6 nitrogen and oxygen atoms in total. The molecule has 0 aromatic rings. The topological polar surface area (TPSA) is 78.9 Å². The lowest BCUT2D eigenvalue weighted by Gasteiger charge is -2.39. The molecule has 2 rings (SSSR count). The van der Waals surface area contributed by atoms with Crippen LogP contribution >= 0.6 is 0 Å². The van der Waals surface area contributed by atoms with Crippen LogP contribution in [0.2, 0.25) is 0 Å². The molecule has 0 radical (unpaired) electrons. The lowest BCUT2D eigenvalue weighted by atomic mass is 9.78. The second-order valence-corrected chi connectivity index (χ2v) is 5.99. The summed E-state index contributed by atoms with van der Waals surface area (Å²) in [6.07, 6.45) is 3.62. The summed E-state index contributed by atoms with van der Waals surface area (Å²) in [4.78, 5) is 25.4. The maximum absolute atomic E-state index is 12.9. The minimum absolute atomic E-state index is 0.0462. The molecule has 0 bridgehead atoms. The third-order valence-electron chi connectivity index (χ3n) is 4.22. The Morgan fingerprint density at radius 2 is 2.00 bits per heavy atom. The number of hydrogen-bond donors (Lipinski definition) is 2. The van der Waals surface area contributed by atoms with Crippen molar-refractivity contribution in [3.63, 3.8) is 0 Å². The van der Waals surface area contributed by atoms with E-state index in [-0.39, 0.29) is 12.5 Å². The van der Waals surface area contributed by atoms with Crippen LogP contribution < -0.4 is 5.32 Å². The second kappa shape index (κ2) is 6.54. The Balaban J connectivity index is 2.10. The molecule has 2 aliphatic rings. The fourth-order valence-corrected chi connectivity index (χ4v) is 2.93. The molecule has 2 N–H and O–H groups in total. The summed E-state index contributed by atoms with van der Waals surface area (Å²) in [5.41, 5.74) is -0.551. The van der Waals surface area contributed by atoms with Gasteiger partial charge in [0.25, 0.3) is 0 Å². The molecule has 0 spiro atoms. The van der Waals surface area contributed by atoms with Crippen molar-refractivity contribution in [2.24, 2.45) is 11.3 Å². The van der Waals surface area contributed by atoms with Gasteiger partial charge in [-0.05, 0) is 44.7 Å². The Morgan fingerprint density at radius 1 is 1.35 bits per heavy atom. The molecular weight excluding hydrogens is 260 g/mol. The number of nitrogens with one attached hydrogen (secondary N) is 1. The molecule has 1 saturated heterocycles. The van der Waals surface area contributed by atoms with Gasteiger partial charge in [0, 0.05) is 13.7 Å². The highest BCUT2D eigenvalue weighted by molar-refractivity contribution is 5.86. The number of ether oxygens (including phenoxy) is 1. The van der Waals surface area contributed by atoms with Crippen molar-refractivity contribution in [3.05, 3.63) is 0 Å². The van der Waals surface area contributed by atoms with Gasteiger partial charge in [-0.15, -0.1) is 0 Å². The molecule has 6 heteroatoms. The predicted molar refractivity (Wildman–Crippen MR) is 73.4 cm³/mol. The van der Waals surface area contributed by atoms with E-state index in [4.69, 9.17) is 9.84 Å². The van der Waals surface area contributed by atoms with Crippen molar-refractivity contribution < 1.29 is 19.4 Å². The third kappa shape index (κ3) is 3.70. The van der Waals surface area contributed by atoms with Gasteiger partial charge in [0.1, 0.15) is 6.54 Å². The van der Waals surface area contributed by atoms with Crippen LogP contribution in [-0.4, -0.2) is 61.8 Å². The first-order chi connectivity index (χ1) is 9.57. The van der Waals surface area contributed by atoms with E-state index < -0.39 is 11.4 Å². The highest BCUT2D eigenvalue weighted by atomic mass is 16.5. The van der Waals surface area contributed by atoms with E-state index in [1.54, 1.807) is 7.11 Å². The van der Waals surface area contributed by atoms with Crippen LogP contribution in [0.1, 0.15) is 25.7 Å². The maximum atomic E-state index is 12.9. The van der Waals surface area contributed by atoms with E-state index in [2.05, 4.69) is 5.32 Å². The van der Waals surface area contributed by atoms with E-state index in [0.717, 1.165) is 25.9 Å². The molecular formula is C14H24N2O4. The van der Waals surface area contributed by atoms with Gasteiger partial charge in [-0.2, -0.15) is 0 Å². The summed E-state index contributed by atoms with van der Waals surface area (Å²) < 4.78 is 5.26. The number of carbonyl (C=O) groups is 2. The minimum Gasteiger partial charge on any atom is -0.480 e. The van der Waals surface area contributed by atoms with Crippen LogP contribution in [0, 0.1) is 11.3 Å². The molecule has 1 saturated carbocycles. The number of hydrogen-bond acceptors (Lipinski definition) is 4. The van der Waals surface area contributed by atoms with Crippen LogP contribution in [0.5, 0.6) is 0 Å². The molecule has 1 aliphatic heterocycles. The standard InChI is InChI=1S/C14H24N2O4/c1-20-10-14(4-6-15-7-5-14)13(19)16(9-12(17)18)8-11-2-3-11/h11,15H,2-10H2,1H3,(H,17,18). The number of carbonyl (C=O) groups excluding carboxylic acids is 1. The molecule has 0 unspecified atom stereocenters. The zero-order valence-electron chi connectivity index (χ0n) is 12.1. The normalized spacial score (nSPS) is 21.4. The average Bonchev–Trinajstić information content (AvgIpc) is 3.22. The zero-order chi connectivity index (χ0) is 14.6. The summed E-state index contributed by atoms with van der Waals surface area (Å²) in [6.45, 7) is 2.30. The maximum Gasteiger partial charge on any atom is 0.323 e. The molecule has 114 valence electrons. The van der Waals surface area contributed by atoms with Gasteiger partial charge in [-0.25, -0.2) is 0 Å². The number of methoxy groups -OCH3 is 1. The van der Waals surface area contributed by atoms with Crippen molar-refractivity contribution in [1.82, 2.24) is 10.2 Å². The molecule has 1 heterocycles. The van der Waals surface area contributed by atoms with E-state index in [1.165, 1.54) is 4.90 Å². The van der Waals surface area contributed by atoms with Gasteiger partial charge in [-0.3, -0.25) is 9.59 Å². The lowest BCUT2D eigenvalue weighted by molar-refractivity contribution is -0.153. The Hall–Kier alpha value is -1.14. The number of amides is 1. The second-order valence-electron chi connectivity index (χ2n) is 5.99. The first kappa shape index (κ1) is 15.3. The number of nitrogens with zero attached hydrogens (tertiary/aromatic N) is 1. The average molecular weight is 284 g/mol. The highest BCUT2D eigenvalue weighted by Crippen LogP contribution is 2.35. The van der Waals surface area contributed by atoms with Crippen molar-refractivity contribution in [2.45, 2.75) is 25.7 Å². The molecule has 0 aromatic carbocycles. The van der Waals surface area contributed by atoms with Gasteiger partial charge < -0.3 is 20.1 Å². The van der Waals surface area contributed by atoms with E-state index in [0.29, 0.717) is 31.9 Å². The van der Waals surface area contributed by atoms with Crippen LogP contribution in [0.25, 0.3) is 0 Å². The summed E-state index contributed by atoms with van der Waals surface area (Å²) in [5, 5.41) is 12.3. The van der Waals surface area contributed by atoms with Crippen molar-refractivity contribution in [1.29, 1.82) is 0 Å². The Morgan fingerprint density at radius 3 is 2.50 bits per heavy atom. The van der Waals surface area contributed by atoms with Gasteiger partial charge in [0.15, 0.2) is 0 Å². The molecule has 0 atom stereocenters. The number of carboxylic acids is 1. The molecule has 2 fully saturated rings. The molecule has 1 amide bonds. The monoisotopic (exact) mass is 284 g/mol. The van der Waals surface area contributed by atoms with E-state index in [1.807, 2.05) is 0 Å². The number of piperidine rings is 1. The molecule has 20 heavy (non-hydrogen) atoms. The fourth-order valence-electron chi connectivity index (χ4n) is 2.93. The summed E-state index contributed by atoms with van der Waals surface area (Å²) >= 11 is 0. The van der Waals surface area contributed by atoms with Crippen molar-refractivity contribution in [3.8, 4) is 0 Å². The first-order valence-corrected chi connectivity index (χ1v) is 7.28. The van der Waals surface area contributed by atoms with E-state index in [9.17, 15) is 9.59 Å². The number of aliphatic carboxylic acids is 1. The SMILES string of the molecule is COCC1(C(=O)N(CC(=O)O)CC2CC2)CCNCC1. The van der Waals surface area contributed by atoms with Crippen molar-refractivity contribution in [2.75, 3.05) is 39.9 Å². The summed E-state index contributed by atoms with van der Waals surface area (Å²) in [5.74, 6) is -0.504. The van der Waals surface area contributed by atoms with E-state index >= 15 is 0 Å². The Bertz CT molecular complexity index is 357. The fraction of sp³-hybridized carbons (Fsp3) is 0.857. The predicted octanol–water partition coefficient (Wildman–Crippen LogP) is 0.326. The van der Waals surface area contributed by atoms with Crippen LogP contribution in [0.3, 0.4) is 0 Å². The minimum atomic E-state index is -0.944. The van der Waals surface area contributed by atoms with Crippen LogP contribution in [-0.2, 0) is 14.3 Å².